The first kappa shape index (κ1) is 12.2. The summed E-state index contributed by atoms with van der Waals surface area (Å²) in [6.07, 6.45) is 4.23. The van der Waals surface area contributed by atoms with Crippen LogP contribution in [0.15, 0.2) is 24.3 Å². The van der Waals surface area contributed by atoms with Gasteiger partial charge < -0.3 is 10.6 Å². The maximum Gasteiger partial charge on any atom is 0.243 e. The van der Waals surface area contributed by atoms with E-state index in [0.29, 0.717) is 12.8 Å². The molecule has 1 aromatic carbocycles. The molecule has 0 bridgehead atoms. The lowest BCUT2D eigenvalue weighted by Crippen LogP contribution is -2.43. The summed E-state index contributed by atoms with van der Waals surface area (Å²) >= 11 is 0. The van der Waals surface area contributed by atoms with Crippen LogP contribution in [0.1, 0.15) is 42.9 Å². The van der Waals surface area contributed by atoms with Gasteiger partial charge in [0, 0.05) is 6.42 Å². The van der Waals surface area contributed by atoms with Gasteiger partial charge in [0.2, 0.25) is 11.8 Å². The van der Waals surface area contributed by atoms with Crippen molar-refractivity contribution in [2.75, 3.05) is 0 Å². The molecule has 0 saturated carbocycles. The van der Waals surface area contributed by atoms with Crippen LogP contribution in [0.2, 0.25) is 0 Å². The van der Waals surface area contributed by atoms with Crippen LogP contribution in [-0.2, 0) is 16.0 Å². The highest BCUT2D eigenvalue weighted by Crippen LogP contribution is 2.29. The van der Waals surface area contributed by atoms with Gasteiger partial charge in [0.05, 0.1) is 6.04 Å². The minimum absolute atomic E-state index is 0.0239. The molecule has 2 amide bonds. The van der Waals surface area contributed by atoms with E-state index < -0.39 is 0 Å². The lowest BCUT2D eigenvalue weighted by molar-refractivity contribution is -0.126. The van der Waals surface area contributed by atoms with Gasteiger partial charge in [-0.15, -0.1) is 0 Å². The van der Waals surface area contributed by atoms with E-state index in [1.807, 2.05) is 12.1 Å². The van der Waals surface area contributed by atoms with Gasteiger partial charge in [-0.05, 0) is 36.8 Å². The zero-order valence-corrected chi connectivity index (χ0v) is 10.8. The van der Waals surface area contributed by atoms with Gasteiger partial charge in [0.1, 0.15) is 6.04 Å². The van der Waals surface area contributed by atoms with Crippen LogP contribution in [0, 0.1) is 0 Å². The molecular weight excluding hydrogens is 240 g/mol. The van der Waals surface area contributed by atoms with Crippen molar-refractivity contribution in [2.24, 2.45) is 0 Å². The molecule has 2 atom stereocenters. The van der Waals surface area contributed by atoms with Crippen molar-refractivity contribution in [3.63, 3.8) is 0 Å². The highest BCUT2D eigenvalue weighted by Gasteiger charge is 2.30. The summed E-state index contributed by atoms with van der Waals surface area (Å²) in [5, 5.41) is 5.80. The fourth-order valence-corrected chi connectivity index (χ4v) is 2.99. The van der Waals surface area contributed by atoms with E-state index >= 15 is 0 Å². The second-order valence-electron chi connectivity index (χ2n) is 5.31. The number of nitrogens with one attached hydrogen (secondary N) is 2. The third-order valence-corrected chi connectivity index (χ3v) is 4.00. The SMILES string of the molecule is O=C1CC[C@@H](C(=O)N[C@@H]2CCCc3ccccc32)N1. The molecule has 2 N–H and O–H groups in total. The smallest absolute Gasteiger partial charge is 0.243 e. The first-order chi connectivity index (χ1) is 9.24. The minimum atomic E-state index is -0.346. The molecular formula is C15H18N2O2. The number of hydrogen-bond donors (Lipinski definition) is 2. The zero-order valence-electron chi connectivity index (χ0n) is 10.8. The van der Waals surface area contributed by atoms with Crippen molar-refractivity contribution in [3.05, 3.63) is 35.4 Å². The Hall–Kier alpha value is -1.84. The van der Waals surface area contributed by atoms with E-state index in [2.05, 4.69) is 22.8 Å². The molecule has 0 spiro atoms. The Balaban J connectivity index is 1.71. The maximum atomic E-state index is 12.1. The Morgan fingerprint density at radius 1 is 1.21 bits per heavy atom. The van der Waals surface area contributed by atoms with Crippen LogP contribution < -0.4 is 10.6 Å². The first-order valence-corrected chi connectivity index (χ1v) is 6.91. The normalized spacial score (nSPS) is 25.6. The summed E-state index contributed by atoms with van der Waals surface area (Å²) < 4.78 is 0. The predicted molar refractivity (Wildman–Crippen MR) is 71.4 cm³/mol. The van der Waals surface area contributed by atoms with Gasteiger partial charge in [-0.1, -0.05) is 24.3 Å². The predicted octanol–water partition coefficient (Wildman–Crippen LogP) is 1.46. The van der Waals surface area contributed by atoms with Crippen molar-refractivity contribution in [1.82, 2.24) is 10.6 Å². The quantitative estimate of drug-likeness (QED) is 0.843. The van der Waals surface area contributed by atoms with Gasteiger partial charge in [-0.2, -0.15) is 0 Å². The van der Waals surface area contributed by atoms with Crippen LogP contribution >= 0.6 is 0 Å². The second-order valence-corrected chi connectivity index (χ2v) is 5.31. The fraction of sp³-hybridized carbons (Fsp3) is 0.467. The van der Waals surface area contributed by atoms with Crippen molar-refractivity contribution in [3.8, 4) is 0 Å². The fourth-order valence-electron chi connectivity index (χ4n) is 2.99. The summed E-state index contributed by atoms with van der Waals surface area (Å²) in [4.78, 5) is 23.3. The number of carbonyl (C=O) groups is 2. The summed E-state index contributed by atoms with van der Waals surface area (Å²) in [5.41, 5.74) is 2.56. The Morgan fingerprint density at radius 2 is 2.05 bits per heavy atom. The maximum absolute atomic E-state index is 12.1. The largest absolute Gasteiger partial charge is 0.348 e. The minimum Gasteiger partial charge on any atom is -0.348 e. The van der Waals surface area contributed by atoms with Crippen LogP contribution in [-0.4, -0.2) is 17.9 Å². The highest BCUT2D eigenvalue weighted by molar-refractivity contribution is 5.91. The van der Waals surface area contributed by atoms with Gasteiger partial charge >= 0.3 is 0 Å². The Morgan fingerprint density at radius 3 is 2.84 bits per heavy atom. The van der Waals surface area contributed by atoms with Crippen molar-refractivity contribution in [2.45, 2.75) is 44.2 Å². The van der Waals surface area contributed by atoms with Crippen molar-refractivity contribution < 1.29 is 9.59 Å². The molecule has 1 heterocycles. The molecule has 1 fully saturated rings. The number of rotatable bonds is 2. The number of aryl methyl sites for hydroxylation is 1. The van der Waals surface area contributed by atoms with Crippen molar-refractivity contribution in [1.29, 1.82) is 0 Å². The standard InChI is InChI=1S/C15H18N2O2/c18-14-9-8-13(16-14)15(19)17-12-7-3-5-10-4-1-2-6-11(10)12/h1-2,4,6,12-13H,3,5,7-9H2,(H,16,18)(H,17,19)/t12-,13+/m1/s1. The van der Waals surface area contributed by atoms with Gasteiger partial charge in [-0.3, -0.25) is 9.59 Å². The molecule has 100 valence electrons. The van der Waals surface area contributed by atoms with Gasteiger partial charge in [0.25, 0.3) is 0 Å². The molecule has 0 unspecified atom stereocenters. The molecule has 1 aliphatic carbocycles. The lowest BCUT2D eigenvalue weighted by Gasteiger charge is -2.27. The van der Waals surface area contributed by atoms with E-state index in [0.717, 1.165) is 19.3 Å². The molecule has 3 rings (SSSR count). The van der Waals surface area contributed by atoms with Crippen LogP contribution in [0.5, 0.6) is 0 Å². The molecule has 0 radical (unpaired) electrons. The molecule has 4 nitrogen and oxygen atoms in total. The van der Waals surface area contributed by atoms with E-state index in [1.54, 1.807) is 0 Å². The second kappa shape index (κ2) is 5.03. The molecule has 19 heavy (non-hydrogen) atoms. The van der Waals surface area contributed by atoms with Crippen LogP contribution in [0.3, 0.4) is 0 Å². The summed E-state index contributed by atoms with van der Waals surface area (Å²) in [6.45, 7) is 0. The number of hydrogen-bond acceptors (Lipinski definition) is 2. The van der Waals surface area contributed by atoms with E-state index in [1.165, 1.54) is 11.1 Å². The van der Waals surface area contributed by atoms with E-state index in [4.69, 9.17) is 0 Å². The number of fused-ring (bicyclic) bond motifs is 1. The third kappa shape index (κ3) is 2.48. The number of amides is 2. The average molecular weight is 258 g/mol. The lowest BCUT2D eigenvalue weighted by atomic mass is 9.87. The Kier molecular flexibility index (Phi) is 3.23. The summed E-state index contributed by atoms with van der Waals surface area (Å²) in [6, 6.07) is 8.02. The first-order valence-electron chi connectivity index (χ1n) is 6.91. The Bertz CT molecular complexity index is 513. The molecule has 2 aliphatic rings. The van der Waals surface area contributed by atoms with Gasteiger partial charge in [0.15, 0.2) is 0 Å². The van der Waals surface area contributed by atoms with Crippen LogP contribution in [0.4, 0.5) is 0 Å². The van der Waals surface area contributed by atoms with E-state index in [9.17, 15) is 9.59 Å². The molecule has 1 aromatic rings. The molecule has 1 aliphatic heterocycles. The zero-order chi connectivity index (χ0) is 13.2. The van der Waals surface area contributed by atoms with Crippen molar-refractivity contribution >= 4 is 11.8 Å². The van der Waals surface area contributed by atoms with E-state index in [-0.39, 0.29) is 23.9 Å². The van der Waals surface area contributed by atoms with Crippen LogP contribution in [0.25, 0.3) is 0 Å². The molecule has 1 saturated heterocycles. The highest BCUT2D eigenvalue weighted by atomic mass is 16.2. The number of carbonyl (C=O) groups excluding carboxylic acids is 2. The monoisotopic (exact) mass is 258 g/mol. The summed E-state index contributed by atoms with van der Waals surface area (Å²) in [7, 11) is 0. The average Bonchev–Trinajstić information content (AvgIpc) is 2.86. The molecule has 0 aromatic heterocycles. The third-order valence-electron chi connectivity index (χ3n) is 4.00. The summed E-state index contributed by atoms with van der Waals surface area (Å²) in [5.74, 6) is -0.0725. The van der Waals surface area contributed by atoms with Gasteiger partial charge in [-0.25, -0.2) is 0 Å². The molecule has 4 heteroatoms. The number of benzene rings is 1. The Labute approximate surface area is 112 Å². The topological polar surface area (TPSA) is 58.2 Å².